The lowest BCUT2D eigenvalue weighted by atomic mass is 9.91. The molecule has 2 aromatic rings. The van der Waals surface area contributed by atoms with Gasteiger partial charge in [-0.1, -0.05) is 0 Å². The van der Waals surface area contributed by atoms with Crippen LogP contribution >= 0.6 is 0 Å². The van der Waals surface area contributed by atoms with Gasteiger partial charge >= 0.3 is 0 Å². The normalized spacial score (nSPS) is 9.75. The molecule has 24 heavy (non-hydrogen) atoms. The van der Waals surface area contributed by atoms with Gasteiger partial charge in [-0.25, -0.2) is 0 Å². The second-order valence-electron chi connectivity index (χ2n) is 5.04. The molecule has 0 spiro atoms. The summed E-state index contributed by atoms with van der Waals surface area (Å²) in [6.07, 6.45) is 0. The number of methoxy groups -OCH3 is 3. The highest BCUT2D eigenvalue weighted by molar-refractivity contribution is 5.84. The Kier molecular flexibility index (Phi) is 4.81. The molecule has 6 heteroatoms. The number of nitrogens with two attached hydrogens (primary N) is 1. The Hall–Kier alpha value is -3.38. The molecule has 6 nitrogen and oxygen atoms in total. The van der Waals surface area contributed by atoms with Crippen molar-refractivity contribution in [3.63, 3.8) is 0 Å². The fourth-order valence-corrected chi connectivity index (χ4v) is 2.64. The summed E-state index contributed by atoms with van der Waals surface area (Å²) >= 11 is 0. The predicted octanol–water partition coefficient (Wildman–Crippen LogP) is 3.01. The van der Waals surface area contributed by atoms with Crippen LogP contribution in [0, 0.1) is 29.6 Å². The van der Waals surface area contributed by atoms with Crippen LogP contribution in [0.15, 0.2) is 18.2 Å². The molecule has 0 amide bonds. The molecule has 2 aromatic carbocycles. The molecule has 122 valence electrons. The van der Waals surface area contributed by atoms with Crippen LogP contribution < -0.4 is 19.9 Å². The van der Waals surface area contributed by atoms with Crippen molar-refractivity contribution in [3.05, 3.63) is 34.9 Å². The first-order valence-corrected chi connectivity index (χ1v) is 7.06. The average Bonchev–Trinajstić information content (AvgIpc) is 2.61. The lowest BCUT2D eigenvalue weighted by molar-refractivity contribution is 0.324. The lowest BCUT2D eigenvalue weighted by Crippen LogP contribution is -2.01. The standard InChI is InChI=1S/C18H17N3O3/c1-10-5-12(8-19)17(21)13(9-20)16(10)11-6-14(22-2)18(24-4)15(7-11)23-3/h5-7H,21H2,1-4H3. The highest BCUT2D eigenvalue weighted by Crippen LogP contribution is 2.43. The molecule has 0 radical (unpaired) electrons. The van der Waals surface area contributed by atoms with Crippen molar-refractivity contribution in [2.24, 2.45) is 0 Å². The number of hydrogen-bond acceptors (Lipinski definition) is 6. The second-order valence-corrected chi connectivity index (χ2v) is 5.04. The number of nitrogens with zero attached hydrogens (tertiary/aromatic N) is 2. The van der Waals surface area contributed by atoms with Crippen molar-refractivity contribution in [1.29, 1.82) is 10.5 Å². The minimum absolute atomic E-state index is 0.161. The first-order valence-electron chi connectivity index (χ1n) is 7.06. The van der Waals surface area contributed by atoms with Crippen molar-refractivity contribution in [3.8, 4) is 40.5 Å². The third-order valence-electron chi connectivity index (χ3n) is 3.75. The van der Waals surface area contributed by atoms with E-state index in [1.807, 2.05) is 13.0 Å². The Balaban J connectivity index is 2.85. The number of hydrogen-bond donors (Lipinski definition) is 1. The van der Waals surface area contributed by atoms with Gasteiger partial charge in [0.1, 0.15) is 12.1 Å². The van der Waals surface area contributed by atoms with Gasteiger partial charge in [0.05, 0.1) is 38.1 Å². The number of nitrogen functional groups attached to an aromatic ring is 1. The Labute approximate surface area is 140 Å². The number of rotatable bonds is 4. The van der Waals surface area contributed by atoms with Gasteiger partial charge in [-0.15, -0.1) is 0 Å². The molecule has 0 atom stereocenters. The van der Waals surface area contributed by atoms with Crippen LogP contribution in [0.5, 0.6) is 17.2 Å². The molecule has 0 aliphatic rings. The summed E-state index contributed by atoms with van der Waals surface area (Å²) in [6, 6.07) is 9.25. The number of nitriles is 2. The summed E-state index contributed by atoms with van der Waals surface area (Å²) in [4.78, 5) is 0. The summed E-state index contributed by atoms with van der Waals surface area (Å²) in [5.41, 5.74) is 8.74. The van der Waals surface area contributed by atoms with E-state index < -0.39 is 0 Å². The van der Waals surface area contributed by atoms with E-state index >= 15 is 0 Å². The number of aryl methyl sites for hydroxylation is 1. The van der Waals surface area contributed by atoms with Crippen molar-refractivity contribution in [2.45, 2.75) is 6.92 Å². The minimum atomic E-state index is 0.161. The zero-order valence-corrected chi connectivity index (χ0v) is 13.9. The number of benzene rings is 2. The largest absolute Gasteiger partial charge is 0.493 e. The van der Waals surface area contributed by atoms with Crippen LogP contribution in [0.3, 0.4) is 0 Å². The van der Waals surface area contributed by atoms with Crippen LogP contribution in [0.2, 0.25) is 0 Å². The molecule has 0 unspecified atom stereocenters. The molecule has 0 saturated heterocycles. The smallest absolute Gasteiger partial charge is 0.203 e. The van der Waals surface area contributed by atoms with Crippen molar-refractivity contribution in [1.82, 2.24) is 0 Å². The molecule has 0 aromatic heterocycles. The molecule has 2 rings (SSSR count). The molecular formula is C18H17N3O3. The summed E-state index contributed by atoms with van der Waals surface area (Å²) < 4.78 is 16.0. The second kappa shape index (κ2) is 6.80. The summed E-state index contributed by atoms with van der Waals surface area (Å²) in [7, 11) is 4.56. The van der Waals surface area contributed by atoms with Gasteiger partial charge in [-0.05, 0) is 36.2 Å². The fourth-order valence-electron chi connectivity index (χ4n) is 2.64. The molecule has 0 aliphatic carbocycles. The molecule has 0 bridgehead atoms. The van der Waals surface area contributed by atoms with Gasteiger partial charge in [0.25, 0.3) is 0 Å². The van der Waals surface area contributed by atoms with Crippen LogP contribution in [0.25, 0.3) is 11.1 Å². The third kappa shape index (κ3) is 2.66. The quantitative estimate of drug-likeness (QED) is 0.868. The van der Waals surface area contributed by atoms with Gasteiger partial charge < -0.3 is 19.9 Å². The molecule has 0 heterocycles. The van der Waals surface area contributed by atoms with Gasteiger partial charge in [-0.3, -0.25) is 0 Å². The van der Waals surface area contributed by atoms with E-state index in [2.05, 4.69) is 6.07 Å². The summed E-state index contributed by atoms with van der Waals surface area (Å²) in [6.45, 7) is 1.82. The van der Waals surface area contributed by atoms with E-state index in [0.717, 1.165) is 5.56 Å². The number of anilines is 1. The zero-order chi connectivity index (χ0) is 17.9. The van der Waals surface area contributed by atoms with Gasteiger partial charge in [0, 0.05) is 5.56 Å². The van der Waals surface area contributed by atoms with E-state index in [4.69, 9.17) is 25.2 Å². The van der Waals surface area contributed by atoms with Crippen molar-refractivity contribution >= 4 is 5.69 Å². The molecule has 0 fully saturated rings. The van der Waals surface area contributed by atoms with Crippen molar-refractivity contribution in [2.75, 3.05) is 27.1 Å². The van der Waals surface area contributed by atoms with Crippen LogP contribution in [-0.4, -0.2) is 21.3 Å². The molecular weight excluding hydrogens is 306 g/mol. The SMILES string of the molecule is COc1cc(-c2c(C)cc(C#N)c(N)c2C#N)cc(OC)c1OC. The minimum Gasteiger partial charge on any atom is -0.493 e. The monoisotopic (exact) mass is 323 g/mol. The third-order valence-corrected chi connectivity index (χ3v) is 3.75. The zero-order valence-electron chi connectivity index (χ0n) is 13.9. The Morgan fingerprint density at radius 3 is 1.92 bits per heavy atom. The first kappa shape index (κ1) is 17.0. The van der Waals surface area contributed by atoms with Crippen LogP contribution in [0.1, 0.15) is 16.7 Å². The maximum absolute atomic E-state index is 9.53. The topological polar surface area (TPSA) is 101 Å². The van der Waals surface area contributed by atoms with Gasteiger partial charge in [0.15, 0.2) is 11.5 Å². The highest BCUT2D eigenvalue weighted by atomic mass is 16.5. The lowest BCUT2D eigenvalue weighted by Gasteiger charge is -2.17. The molecule has 2 N–H and O–H groups in total. The highest BCUT2D eigenvalue weighted by Gasteiger charge is 2.20. The maximum atomic E-state index is 9.53. The van der Waals surface area contributed by atoms with E-state index in [1.165, 1.54) is 21.3 Å². The maximum Gasteiger partial charge on any atom is 0.203 e. The Morgan fingerprint density at radius 1 is 0.917 bits per heavy atom. The van der Waals surface area contributed by atoms with Crippen molar-refractivity contribution < 1.29 is 14.2 Å². The Bertz CT molecular complexity index is 852. The van der Waals surface area contributed by atoms with Gasteiger partial charge in [-0.2, -0.15) is 10.5 Å². The van der Waals surface area contributed by atoms with Gasteiger partial charge in [0.2, 0.25) is 5.75 Å². The number of ether oxygens (including phenoxy) is 3. The van der Waals surface area contributed by atoms with Crippen LogP contribution in [-0.2, 0) is 0 Å². The van der Waals surface area contributed by atoms with E-state index in [0.29, 0.717) is 28.4 Å². The summed E-state index contributed by atoms with van der Waals surface area (Å²) in [5, 5.41) is 18.7. The summed E-state index contributed by atoms with van der Waals surface area (Å²) in [5.74, 6) is 1.40. The fraction of sp³-hybridized carbons (Fsp3) is 0.222. The van der Waals surface area contributed by atoms with E-state index in [-0.39, 0.29) is 16.8 Å². The van der Waals surface area contributed by atoms with E-state index in [1.54, 1.807) is 18.2 Å². The van der Waals surface area contributed by atoms with Crippen LogP contribution in [0.4, 0.5) is 5.69 Å². The molecule has 0 aliphatic heterocycles. The first-order chi connectivity index (χ1) is 11.5. The molecule has 0 saturated carbocycles. The predicted molar refractivity (Wildman–Crippen MR) is 90.1 cm³/mol. The Morgan fingerprint density at radius 2 is 1.50 bits per heavy atom. The van der Waals surface area contributed by atoms with E-state index in [9.17, 15) is 5.26 Å². The average molecular weight is 323 g/mol.